The SMILES string of the molecule is CN(C(=O)c1cc2nc(-c3ccco3)nn2c(N)n1)c1ccc(Cl)nc1. The summed E-state index contributed by atoms with van der Waals surface area (Å²) in [7, 11) is 1.60. The Morgan fingerprint density at radius 3 is 2.85 bits per heavy atom. The highest BCUT2D eigenvalue weighted by Gasteiger charge is 2.19. The smallest absolute Gasteiger partial charge is 0.276 e. The second-order valence-electron chi connectivity index (χ2n) is 5.39. The lowest BCUT2D eigenvalue weighted by molar-refractivity contribution is 0.0988. The number of carbonyl (C=O) groups excluding carboxylic acids is 1. The van der Waals surface area contributed by atoms with Crippen molar-refractivity contribution in [2.45, 2.75) is 0 Å². The molecule has 4 aromatic rings. The Kier molecular flexibility index (Phi) is 3.77. The summed E-state index contributed by atoms with van der Waals surface area (Å²) in [4.78, 5) is 26.6. The molecule has 4 heterocycles. The number of nitrogens with two attached hydrogens (primary N) is 1. The van der Waals surface area contributed by atoms with Gasteiger partial charge in [-0.3, -0.25) is 4.79 Å². The zero-order valence-electron chi connectivity index (χ0n) is 13.5. The highest BCUT2D eigenvalue weighted by Crippen LogP contribution is 2.20. The second-order valence-corrected chi connectivity index (χ2v) is 5.77. The number of aromatic nitrogens is 5. The van der Waals surface area contributed by atoms with Crippen molar-refractivity contribution >= 4 is 34.8 Å². The van der Waals surface area contributed by atoms with E-state index in [0.29, 0.717) is 28.1 Å². The van der Waals surface area contributed by atoms with E-state index in [9.17, 15) is 4.79 Å². The number of nitrogens with zero attached hydrogens (tertiary/aromatic N) is 6. The van der Waals surface area contributed by atoms with Gasteiger partial charge in [0.15, 0.2) is 11.4 Å². The molecule has 0 radical (unpaired) electrons. The number of nitrogen functional groups attached to an aromatic ring is 1. The van der Waals surface area contributed by atoms with Crippen molar-refractivity contribution in [3.63, 3.8) is 0 Å². The van der Waals surface area contributed by atoms with Crippen LogP contribution in [-0.2, 0) is 0 Å². The third kappa shape index (κ3) is 2.74. The van der Waals surface area contributed by atoms with Crippen LogP contribution in [0.2, 0.25) is 5.15 Å². The van der Waals surface area contributed by atoms with E-state index in [4.69, 9.17) is 21.8 Å². The number of rotatable bonds is 3. The molecule has 0 fully saturated rings. The first-order valence-electron chi connectivity index (χ1n) is 7.50. The van der Waals surface area contributed by atoms with Gasteiger partial charge >= 0.3 is 0 Å². The average Bonchev–Trinajstić information content (AvgIpc) is 3.30. The number of furan rings is 1. The number of hydrogen-bond acceptors (Lipinski definition) is 7. The molecule has 0 aliphatic carbocycles. The van der Waals surface area contributed by atoms with E-state index < -0.39 is 0 Å². The van der Waals surface area contributed by atoms with E-state index in [-0.39, 0.29) is 17.5 Å². The minimum Gasteiger partial charge on any atom is -0.461 e. The van der Waals surface area contributed by atoms with Gasteiger partial charge in [0, 0.05) is 13.1 Å². The normalized spacial score (nSPS) is 11.0. The van der Waals surface area contributed by atoms with Gasteiger partial charge in [-0.1, -0.05) is 11.6 Å². The number of anilines is 2. The topological polar surface area (TPSA) is 115 Å². The van der Waals surface area contributed by atoms with E-state index in [2.05, 4.69) is 20.1 Å². The molecule has 0 aromatic carbocycles. The van der Waals surface area contributed by atoms with Gasteiger partial charge in [0.1, 0.15) is 10.8 Å². The molecule has 4 rings (SSSR count). The molecule has 0 aliphatic heterocycles. The molecule has 2 N–H and O–H groups in total. The Hall–Kier alpha value is -3.46. The fraction of sp³-hybridized carbons (Fsp3) is 0.0625. The Morgan fingerprint density at radius 1 is 1.31 bits per heavy atom. The summed E-state index contributed by atoms with van der Waals surface area (Å²) in [6.45, 7) is 0. The van der Waals surface area contributed by atoms with E-state index in [1.54, 1.807) is 31.3 Å². The Morgan fingerprint density at radius 2 is 2.15 bits per heavy atom. The highest BCUT2D eigenvalue weighted by molar-refractivity contribution is 6.29. The quantitative estimate of drug-likeness (QED) is 0.551. The minimum absolute atomic E-state index is 0.0405. The molecule has 0 saturated heterocycles. The highest BCUT2D eigenvalue weighted by atomic mass is 35.5. The Bertz CT molecular complexity index is 1090. The van der Waals surface area contributed by atoms with Gasteiger partial charge in [0.2, 0.25) is 11.8 Å². The molecular weight excluding hydrogens is 358 g/mol. The van der Waals surface area contributed by atoms with Crippen LogP contribution in [0, 0.1) is 0 Å². The maximum Gasteiger partial charge on any atom is 0.276 e. The van der Waals surface area contributed by atoms with E-state index in [1.807, 2.05) is 0 Å². The molecule has 1 amide bonds. The summed E-state index contributed by atoms with van der Waals surface area (Å²) < 4.78 is 6.63. The molecule has 0 atom stereocenters. The largest absolute Gasteiger partial charge is 0.461 e. The maximum absolute atomic E-state index is 12.7. The molecule has 4 aromatic heterocycles. The number of fused-ring (bicyclic) bond motifs is 1. The predicted molar refractivity (Wildman–Crippen MR) is 94.9 cm³/mol. The van der Waals surface area contributed by atoms with Crippen LogP contribution in [0.25, 0.3) is 17.2 Å². The van der Waals surface area contributed by atoms with Crippen LogP contribution in [0.15, 0.2) is 47.2 Å². The molecule has 26 heavy (non-hydrogen) atoms. The molecule has 0 spiro atoms. The fourth-order valence-corrected chi connectivity index (χ4v) is 2.50. The zero-order chi connectivity index (χ0) is 18.3. The van der Waals surface area contributed by atoms with Crippen LogP contribution in [0.4, 0.5) is 11.6 Å². The van der Waals surface area contributed by atoms with E-state index in [1.165, 1.54) is 27.9 Å². The standard InChI is InChI=1S/C16H12ClN7O2/c1-23(9-4-5-12(17)19-8-9)15(25)10-7-13-21-14(11-3-2-6-26-11)22-24(13)16(18)20-10/h2-8H,1H3,(H2,18,20). The van der Waals surface area contributed by atoms with Crippen molar-refractivity contribution < 1.29 is 9.21 Å². The summed E-state index contributed by atoms with van der Waals surface area (Å²) in [6, 6.07) is 8.25. The van der Waals surface area contributed by atoms with E-state index in [0.717, 1.165) is 0 Å². The lowest BCUT2D eigenvalue weighted by Crippen LogP contribution is -2.27. The van der Waals surface area contributed by atoms with Crippen LogP contribution in [0.5, 0.6) is 0 Å². The number of amides is 1. The predicted octanol–water partition coefficient (Wildman–Crippen LogP) is 2.29. The first-order valence-corrected chi connectivity index (χ1v) is 7.87. The molecule has 9 nitrogen and oxygen atoms in total. The molecule has 0 unspecified atom stereocenters. The Labute approximate surface area is 152 Å². The van der Waals surface area contributed by atoms with Crippen molar-refractivity contribution in [2.24, 2.45) is 0 Å². The summed E-state index contributed by atoms with van der Waals surface area (Å²) in [5, 5.41) is 4.58. The van der Waals surface area contributed by atoms with Crippen LogP contribution >= 0.6 is 11.6 Å². The third-order valence-electron chi connectivity index (χ3n) is 3.71. The molecule has 0 bridgehead atoms. The van der Waals surface area contributed by atoms with E-state index >= 15 is 0 Å². The molecular formula is C16H12ClN7O2. The summed E-state index contributed by atoms with van der Waals surface area (Å²) in [6.07, 6.45) is 3.01. The van der Waals surface area contributed by atoms with Gasteiger partial charge in [-0.2, -0.15) is 4.52 Å². The van der Waals surface area contributed by atoms with Gasteiger partial charge in [0.05, 0.1) is 18.1 Å². The monoisotopic (exact) mass is 369 g/mol. The van der Waals surface area contributed by atoms with Gasteiger partial charge in [-0.25, -0.2) is 15.0 Å². The molecule has 130 valence electrons. The average molecular weight is 370 g/mol. The van der Waals surface area contributed by atoms with Crippen LogP contribution in [0.1, 0.15) is 10.5 Å². The lowest BCUT2D eigenvalue weighted by Gasteiger charge is -2.16. The number of carbonyl (C=O) groups is 1. The molecule has 0 saturated carbocycles. The first kappa shape index (κ1) is 16.0. The van der Waals surface area contributed by atoms with Gasteiger partial charge in [0.25, 0.3) is 5.91 Å². The van der Waals surface area contributed by atoms with Crippen molar-refractivity contribution in [3.05, 3.63) is 53.6 Å². The zero-order valence-corrected chi connectivity index (χ0v) is 14.3. The summed E-state index contributed by atoms with van der Waals surface area (Å²) >= 11 is 5.77. The third-order valence-corrected chi connectivity index (χ3v) is 3.94. The summed E-state index contributed by atoms with van der Waals surface area (Å²) in [5.41, 5.74) is 7.02. The van der Waals surface area contributed by atoms with Gasteiger partial charge in [-0.05, 0) is 24.3 Å². The molecule has 0 aliphatic rings. The number of hydrogen-bond donors (Lipinski definition) is 1. The Balaban J connectivity index is 1.72. The van der Waals surface area contributed by atoms with Crippen molar-refractivity contribution in [3.8, 4) is 11.6 Å². The minimum atomic E-state index is -0.370. The second kappa shape index (κ2) is 6.12. The van der Waals surface area contributed by atoms with Gasteiger partial charge in [-0.15, -0.1) is 5.10 Å². The van der Waals surface area contributed by atoms with Crippen molar-refractivity contribution in [1.82, 2.24) is 24.6 Å². The fourth-order valence-electron chi connectivity index (χ4n) is 2.39. The van der Waals surface area contributed by atoms with Crippen molar-refractivity contribution in [2.75, 3.05) is 17.7 Å². The molecule has 10 heteroatoms. The number of halogens is 1. The lowest BCUT2D eigenvalue weighted by atomic mass is 10.3. The van der Waals surface area contributed by atoms with Crippen molar-refractivity contribution in [1.29, 1.82) is 0 Å². The van der Waals surface area contributed by atoms with Gasteiger partial charge < -0.3 is 15.1 Å². The number of pyridine rings is 1. The van der Waals surface area contributed by atoms with Crippen LogP contribution in [-0.4, -0.2) is 37.5 Å². The summed E-state index contributed by atoms with van der Waals surface area (Å²) in [5.74, 6) is 0.512. The maximum atomic E-state index is 12.7. The van der Waals surface area contributed by atoms with Crippen LogP contribution < -0.4 is 10.6 Å². The van der Waals surface area contributed by atoms with Crippen LogP contribution in [0.3, 0.4) is 0 Å². The first-order chi connectivity index (χ1) is 12.5.